The first kappa shape index (κ1) is 14.1. The second-order valence-corrected chi connectivity index (χ2v) is 6.26. The van der Waals surface area contributed by atoms with Crippen LogP contribution in [-0.2, 0) is 6.42 Å². The Balaban J connectivity index is 1.80. The minimum absolute atomic E-state index is 0.853. The number of thioether (sulfide) groups is 1. The lowest BCUT2D eigenvalue weighted by Gasteiger charge is -2.26. The molecular formula is C12H19BrN4S. The minimum atomic E-state index is 0.853. The number of nitrogens with zero attached hydrogens (tertiary/aromatic N) is 3. The summed E-state index contributed by atoms with van der Waals surface area (Å²) in [4.78, 5) is 11.3. The van der Waals surface area contributed by atoms with Gasteiger partial charge in [-0.25, -0.2) is 9.97 Å². The zero-order valence-corrected chi connectivity index (χ0v) is 13.1. The van der Waals surface area contributed by atoms with Crippen LogP contribution in [0, 0.1) is 0 Å². The summed E-state index contributed by atoms with van der Waals surface area (Å²) < 4.78 is 0.853. The van der Waals surface area contributed by atoms with Gasteiger partial charge in [-0.2, -0.15) is 11.8 Å². The molecule has 0 radical (unpaired) electrons. The third kappa shape index (κ3) is 4.40. The molecule has 6 heteroatoms. The van der Waals surface area contributed by atoms with E-state index >= 15 is 0 Å². The van der Waals surface area contributed by atoms with Crippen molar-refractivity contribution in [2.24, 2.45) is 0 Å². The Morgan fingerprint density at radius 1 is 1.39 bits per heavy atom. The fraction of sp³-hybridized carbons (Fsp3) is 0.667. The van der Waals surface area contributed by atoms with Gasteiger partial charge in [0.1, 0.15) is 16.2 Å². The molecule has 2 rings (SSSR count). The molecule has 100 valence electrons. The Morgan fingerprint density at radius 2 is 2.17 bits per heavy atom. The number of nitrogens with one attached hydrogen (secondary N) is 1. The lowest BCUT2D eigenvalue weighted by Crippen LogP contribution is -2.36. The van der Waals surface area contributed by atoms with Crippen molar-refractivity contribution in [3.8, 4) is 0 Å². The van der Waals surface area contributed by atoms with Crippen LogP contribution in [0.1, 0.15) is 12.7 Å². The van der Waals surface area contributed by atoms with Gasteiger partial charge in [-0.15, -0.1) is 0 Å². The molecule has 1 aliphatic rings. The average molecular weight is 331 g/mol. The van der Waals surface area contributed by atoms with Crippen LogP contribution in [0.25, 0.3) is 0 Å². The van der Waals surface area contributed by atoms with Crippen LogP contribution in [0.3, 0.4) is 0 Å². The molecule has 1 aromatic heterocycles. The summed E-state index contributed by atoms with van der Waals surface area (Å²) in [5.74, 6) is 4.32. The lowest BCUT2D eigenvalue weighted by atomic mass is 10.4. The molecule has 1 N–H and O–H groups in total. The summed E-state index contributed by atoms with van der Waals surface area (Å²) in [6, 6.07) is 1.94. The van der Waals surface area contributed by atoms with Gasteiger partial charge >= 0.3 is 0 Å². The first-order chi connectivity index (χ1) is 8.78. The number of aryl methyl sites for hydroxylation is 1. The zero-order valence-electron chi connectivity index (χ0n) is 10.7. The SMILES string of the molecule is CCc1nc(Br)cc(NCCN2CCSCC2)n1. The van der Waals surface area contributed by atoms with E-state index in [0.29, 0.717) is 0 Å². The molecule has 1 aromatic rings. The molecule has 0 saturated carbocycles. The topological polar surface area (TPSA) is 41.1 Å². The first-order valence-corrected chi connectivity index (χ1v) is 8.30. The standard InChI is InChI=1S/C12H19BrN4S/c1-2-11-15-10(13)9-12(16-11)14-3-4-17-5-7-18-8-6-17/h9H,2-8H2,1H3,(H,14,15,16). The third-order valence-electron chi connectivity index (χ3n) is 2.90. The highest BCUT2D eigenvalue weighted by Gasteiger charge is 2.09. The van der Waals surface area contributed by atoms with Crippen LogP contribution in [0.2, 0.25) is 0 Å². The molecule has 0 bridgehead atoms. The van der Waals surface area contributed by atoms with Gasteiger partial charge in [0.05, 0.1) is 0 Å². The molecular weight excluding hydrogens is 312 g/mol. The molecule has 18 heavy (non-hydrogen) atoms. The Morgan fingerprint density at radius 3 is 2.89 bits per heavy atom. The summed E-state index contributed by atoms with van der Waals surface area (Å²) in [5.41, 5.74) is 0. The molecule has 1 aliphatic heterocycles. The largest absolute Gasteiger partial charge is 0.369 e. The molecule has 1 saturated heterocycles. The predicted molar refractivity (Wildman–Crippen MR) is 81.4 cm³/mol. The van der Waals surface area contributed by atoms with Crippen molar-refractivity contribution in [3.05, 3.63) is 16.5 Å². The maximum absolute atomic E-state index is 4.46. The normalized spacial score (nSPS) is 16.8. The predicted octanol–water partition coefficient (Wildman–Crippen LogP) is 2.26. The smallest absolute Gasteiger partial charge is 0.131 e. The van der Waals surface area contributed by atoms with E-state index in [1.54, 1.807) is 0 Å². The van der Waals surface area contributed by atoms with E-state index in [1.165, 1.54) is 24.6 Å². The highest BCUT2D eigenvalue weighted by molar-refractivity contribution is 9.10. The summed E-state index contributed by atoms with van der Waals surface area (Å²) in [7, 11) is 0. The Labute approximate surface area is 121 Å². The van der Waals surface area contributed by atoms with Crippen molar-refractivity contribution in [2.75, 3.05) is 43.0 Å². The Kier molecular flexibility index (Phi) is 5.72. The maximum Gasteiger partial charge on any atom is 0.131 e. The average Bonchev–Trinajstić information content (AvgIpc) is 2.39. The van der Waals surface area contributed by atoms with E-state index in [4.69, 9.17) is 0 Å². The summed E-state index contributed by atoms with van der Waals surface area (Å²) in [5, 5.41) is 3.38. The van der Waals surface area contributed by atoms with Gasteiger partial charge in [-0.3, -0.25) is 4.90 Å². The van der Waals surface area contributed by atoms with E-state index in [-0.39, 0.29) is 0 Å². The van der Waals surface area contributed by atoms with Gasteiger partial charge in [-0.1, -0.05) is 6.92 Å². The monoisotopic (exact) mass is 330 g/mol. The van der Waals surface area contributed by atoms with E-state index in [0.717, 1.165) is 35.8 Å². The van der Waals surface area contributed by atoms with Gasteiger partial charge in [0.15, 0.2) is 0 Å². The van der Waals surface area contributed by atoms with Crippen molar-refractivity contribution in [1.82, 2.24) is 14.9 Å². The molecule has 0 amide bonds. The molecule has 2 heterocycles. The molecule has 1 fully saturated rings. The molecule has 0 aromatic carbocycles. The summed E-state index contributed by atoms with van der Waals surface area (Å²) >= 11 is 5.46. The first-order valence-electron chi connectivity index (χ1n) is 6.35. The minimum Gasteiger partial charge on any atom is -0.369 e. The van der Waals surface area contributed by atoms with Gasteiger partial charge in [0, 0.05) is 50.2 Å². The number of rotatable bonds is 5. The van der Waals surface area contributed by atoms with Crippen LogP contribution in [0.4, 0.5) is 5.82 Å². The number of hydrogen-bond donors (Lipinski definition) is 1. The Bertz CT molecular complexity index is 382. The number of halogens is 1. The van der Waals surface area contributed by atoms with Crippen molar-refractivity contribution < 1.29 is 0 Å². The number of hydrogen-bond acceptors (Lipinski definition) is 5. The second kappa shape index (κ2) is 7.31. The van der Waals surface area contributed by atoms with Crippen LogP contribution in [-0.4, -0.2) is 52.6 Å². The van der Waals surface area contributed by atoms with E-state index in [9.17, 15) is 0 Å². The van der Waals surface area contributed by atoms with E-state index < -0.39 is 0 Å². The van der Waals surface area contributed by atoms with Gasteiger partial charge < -0.3 is 5.32 Å². The summed E-state index contributed by atoms with van der Waals surface area (Å²) in [6.07, 6.45) is 0.859. The van der Waals surface area contributed by atoms with E-state index in [1.807, 2.05) is 17.8 Å². The van der Waals surface area contributed by atoms with Crippen molar-refractivity contribution in [2.45, 2.75) is 13.3 Å². The fourth-order valence-electron chi connectivity index (χ4n) is 1.88. The van der Waals surface area contributed by atoms with Gasteiger partial charge in [0.2, 0.25) is 0 Å². The summed E-state index contributed by atoms with van der Waals surface area (Å²) in [6.45, 7) is 6.51. The van der Waals surface area contributed by atoms with Crippen molar-refractivity contribution in [3.63, 3.8) is 0 Å². The van der Waals surface area contributed by atoms with Crippen LogP contribution in [0.15, 0.2) is 10.7 Å². The van der Waals surface area contributed by atoms with Gasteiger partial charge in [-0.05, 0) is 15.9 Å². The van der Waals surface area contributed by atoms with E-state index in [2.05, 4.69) is 43.0 Å². The second-order valence-electron chi connectivity index (χ2n) is 4.23. The molecule has 0 atom stereocenters. The highest BCUT2D eigenvalue weighted by Crippen LogP contribution is 2.13. The van der Waals surface area contributed by atoms with Crippen molar-refractivity contribution in [1.29, 1.82) is 0 Å². The highest BCUT2D eigenvalue weighted by atomic mass is 79.9. The maximum atomic E-state index is 4.46. The molecule has 0 unspecified atom stereocenters. The van der Waals surface area contributed by atoms with Crippen LogP contribution < -0.4 is 5.32 Å². The number of anilines is 1. The third-order valence-corrected chi connectivity index (χ3v) is 4.24. The Hall–Kier alpha value is -0.330. The molecule has 0 aliphatic carbocycles. The quantitative estimate of drug-likeness (QED) is 0.838. The molecule has 0 spiro atoms. The van der Waals surface area contributed by atoms with Crippen molar-refractivity contribution >= 4 is 33.5 Å². The lowest BCUT2D eigenvalue weighted by molar-refractivity contribution is 0.314. The van der Waals surface area contributed by atoms with Crippen LogP contribution in [0.5, 0.6) is 0 Å². The van der Waals surface area contributed by atoms with Crippen LogP contribution >= 0.6 is 27.7 Å². The fourth-order valence-corrected chi connectivity index (χ4v) is 3.28. The molecule has 4 nitrogen and oxygen atoms in total. The number of aromatic nitrogens is 2. The zero-order chi connectivity index (χ0) is 12.8. The van der Waals surface area contributed by atoms with Gasteiger partial charge in [0.25, 0.3) is 0 Å².